The number of unbranched alkanes of at least 4 members (excludes halogenated alkanes) is 1. The normalized spacial score (nSPS) is 12.2. The number of ether oxygens (including phenoxy) is 2. The van der Waals surface area contributed by atoms with Crippen LogP contribution in [0, 0.1) is 5.92 Å². The molecule has 0 aromatic rings. The summed E-state index contributed by atoms with van der Waals surface area (Å²) in [5.74, 6) is 0.00396. The third kappa shape index (κ3) is 10.8. The number of hydrogen-bond donors (Lipinski definition) is 0. The maximum Gasteiger partial charge on any atom is 0.306 e. The molecule has 0 aliphatic rings. The maximum absolute atomic E-state index is 11.6. The molecule has 4 nitrogen and oxygen atoms in total. The molecule has 0 heterocycles. The van der Waals surface area contributed by atoms with E-state index >= 15 is 0 Å². The lowest BCUT2D eigenvalue weighted by Crippen LogP contribution is -2.15. The molecular weight excluding hydrogens is 256 g/mol. The van der Waals surface area contributed by atoms with Crippen molar-refractivity contribution in [1.82, 2.24) is 0 Å². The number of esters is 2. The predicted octanol–water partition coefficient (Wildman–Crippen LogP) is 3.87. The molecule has 0 saturated carbocycles. The monoisotopic (exact) mass is 286 g/mol. The minimum Gasteiger partial charge on any atom is -0.465 e. The third-order valence-corrected chi connectivity index (χ3v) is 3.15. The van der Waals surface area contributed by atoms with E-state index in [9.17, 15) is 9.59 Å². The molecule has 118 valence electrons. The van der Waals surface area contributed by atoms with Crippen molar-refractivity contribution in [3.05, 3.63) is 0 Å². The summed E-state index contributed by atoms with van der Waals surface area (Å²) in [4.78, 5) is 22.9. The van der Waals surface area contributed by atoms with E-state index in [1.807, 2.05) is 13.8 Å². The van der Waals surface area contributed by atoms with Crippen LogP contribution in [0.25, 0.3) is 0 Å². The fraction of sp³-hybridized carbons (Fsp3) is 0.875. The maximum atomic E-state index is 11.6. The Labute approximate surface area is 123 Å². The van der Waals surface area contributed by atoms with Gasteiger partial charge in [-0.2, -0.15) is 0 Å². The smallest absolute Gasteiger partial charge is 0.306 e. The molecule has 0 N–H and O–H groups in total. The SMILES string of the molecule is CCCCC(CC)COC(=O)CCCC(=O)OC(C)C. The predicted molar refractivity (Wildman–Crippen MR) is 79.3 cm³/mol. The van der Waals surface area contributed by atoms with E-state index in [0.29, 0.717) is 18.9 Å². The summed E-state index contributed by atoms with van der Waals surface area (Å²) >= 11 is 0. The summed E-state index contributed by atoms with van der Waals surface area (Å²) in [7, 11) is 0. The van der Waals surface area contributed by atoms with Gasteiger partial charge >= 0.3 is 11.9 Å². The first-order valence-electron chi connectivity index (χ1n) is 7.84. The van der Waals surface area contributed by atoms with E-state index in [1.54, 1.807) is 0 Å². The van der Waals surface area contributed by atoms with Gasteiger partial charge in [0.1, 0.15) is 0 Å². The quantitative estimate of drug-likeness (QED) is 0.541. The van der Waals surface area contributed by atoms with Crippen LogP contribution in [0.2, 0.25) is 0 Å². The van der Waals surface area contributed by atoms with Gasteiger partial charge in [0.25, 0.3) is 0 Å². The van der Waals surface area contributed by atoms with Crippen molar-refractivity contribution < 1.29 is 19.1 Å². The Hall–Kier alpha value is -1.06. The summed E-state index contributed by atoms with van der Waals surface area (Å²) in [6, 6.07) is 0. The average molecular weight is 286 g/mol. The Bertz CT molecular complexity index is 274. The van der Waals surface area contributed by atoms with Crippen LogP contribution in [0.3, 0.4) is 0 Å². The van der Waals surface area contributed by atoms with Crippen LogP contribution in [0.1, 0.15) is 72.6 Å². The molecule has 0 amide bonds. The second kappa shape index (κ2) is 11.7. The van der Waals surface area contributed by atoms with Gasteiger partial charge in [-0.05, 0) is 32.6 Å². The highest BCUT2D eigenvalue weighted by Crippen LogP contribution is 2.13. The number of carbonyl (C=O) groups excluding carboxylic acids is 2. The topological polar surface area (TPSA) is 52.6 Å². The zero-order valence-corrected chi connectivity index (χ0v) is 13.4. The lowest BCUT2D eigenvalue weighted by molar-refractivity contribution is -0.148. The molecule has 0 bridgehead atoms. The largest absolute Gasteiger partial charge is 0.465 e. The average Bonchev–Trinajstić information content (AvgIpc) is 2.38. The van der Waals surface area contributed by atoms with Crippen LogP contribution in [-0.4, -0.2) is 24.6 Å². The molecule has 0 radical (unpaired) electrons. The first kappa shape index (κ1) is 18.9. The summed E-state index contributed by atoms with van der Waals surface area (Å²) in [6.07, 6.45) is 5.46. The van der Waals surface area contributed by atoms with Gasteiger partial charge in [0.15, 0.2) is 0 Å². The van der Waals surface area contributed by atoms with E-state index in [-0.39, 0.29) is 30.9 Å². The molecule has 0 aliphatic heterocycles. The molecule has 0 rings (SSSR count). The molecular formula is C16H30O4. The second-order valence-electron chi connectivity index (χ2n) is 5.49. The first-order valence-corrected chi connectivity index (χ1v) is 7.84. The summed E-state index contributed by atoms with van der Waals surface area (Å²) in [5.41, 5.74) is 0. The highest BCUT2D eigenvalue weighted by atomic mass is 16.5. The van der Waals surface area contributed by atoms with Crippen LogP contribution in [0.15, 0.2) is 0 Å². The second-order valence-corrected chi connectivity index (χ2v) is 5.49. The van der Waals surface area contributed by atoms with Gasteiger partial charge in [0.2, 0.25) is 0 Å². The lowest BCUT2D eigenvalue weighted by Gasteiger charge is -2.14. The minimum atomic E-state index is -0.248. The zero-order valence-electron chi connectivity index (χ0n) is 13.4. The molecule has 0 saturated heterocycles. The lowest BCUT2D eigenvalue weighted by atomic mass is 10.0. The zero-order chi connectivity index (χ0) is 15.4. The number of rotatable bonds is 11. The van der Waals surface area contributed by atoms with Crippen LogP contribution >= 0.6 is 0 Å². The highest BCUT2D eigenvalue weighted by molar-refractivity contribution is 5.72. The molecule has 20 heavy (non-hydrogen) atoms. The van der Waals surface area contributed by atoms with Crippen molar-refractivity contribution in [2.75, 3.05) is 6.61 Å². The van der Waals surface area contributed by atoms with Crippen molar-refractivity contribution in [1.29, 1.82) is 0 Å². The molecule has 0 aromatic heterocycles. The molecule has 1 unspecified atom stereocenters. The van der Waals surface area contributed by atoms with Crippen molar-refractivity contribution in [2.24, 2.45) is 5.92 Å². The fourth-order valence-electron chi connectivity index (χ4n) is 1.88. The van der Waals surface area contributed by atoms with E-state index in [0.717, 1.165) is 12.8 Å². The number of hydrogen-bond acceptors (Lipinski definition) is 4. The Morgan fingerprint density at radius 1 is 1.00 bits per heavy atom. The van der Waals surface area contributed by atoms with Gasteiger partial charge in [-0.15, -0.1) is 0 Å². The Morgan fingerprint density at radius 3 is 2.20 bits per heavy atom. The van der Waals surface area contributed by atoms with Crippen LogP contribution < -0.4 is 0 Å². The van der Waals surface area contributed by atoms with Gasteiger partial charge in [-0.25, -0.2) is 0 Å². The van der Waals surface area contributed by atoms with Crippen molar-refractivity contribution in [3.8, 4) is 0 Å². The summed E-state index contributed by atoms with van der Waals surface area (Å²) < 4.78 is 10.3. The molecule has 1 atom stereocenters. The standard InChI is InChI=1S/C16H30O4/c1-5-7-9-14(6-2)12-19-15(17)10-8-11-16(18)20-13(3)4/h13-14H,5-12H2,1-4H3. The van der Waals surface area contributed by atoms with Gasteiger partial charge < -0.3 is 9.47 Å². The van der Waals surface area contributed by atoms with E-state index in [4.69, 9.17) is 9.47 Å². The number of carbonyl (C=O) groups is 2. The van der Waals surface area contributed by atoms with Crippen molar-refractivity contribution in [2.45, 2.75) is 78.7 Å². The van der Waals surface area contributed by atoms with Crippen LogP contribution in [0.4, 0.5) is 0 Å². The highest BCUT2D eigenvalue weighted by Gasteiger charge is 2.11. The van der Waals surface area contributed by atoms with E-state index in [1.165, 1.54) is 12.8 Å². The molecule has 0 aliphatic carbocycles. The van der Waals surface area contributed by atoms with Gasteiger partial charge in [-0.3, -0.25) is 9.59 Å². The first-order chi connectivity index (χ1) is 9.49. The van der Waals surface area contributed by atoms with Gasteiger partial charge in [0.05, 0.1) is 12.7 Å². The Kier molecular flexibility index (Phi) is 11.1. The van der Waals surface area contributed by atoms with Gasteiger partial charge in [0, 0.05) is 12.8 Å². The molecule has 0 spiro atoms. The molecule has 0 fully saturated rings. The van der Waals surface area contributed by atoms with E-state index < -0.39 is 0 Å². The van der Waals surface area contributed by atoms with Crippen LogP contribution in [-0.2, 0) is 19.1 Å². The van der Waals surface area contributed by atoms with Crippen molar-refractivity contribution >= 4 is 11.9 Å². The minimum absolute atomic E-state index is 0.0988. The van der Waals surface area contributed by atoms with Crippen molar-refractivity contribution in [3.63, 3.8) is 0 Å². The Morgan fingerprint density at radius 2 is 1.65 bits per heavy atom. The molecule has 4 heteroatoms. The molecule has 0 aromatic carbocycles. The van der Waals surface area contributed by atoms with Gasteiger partial charge in [-0.1, -0.05) is 33.1 Å². The fourth-order valence-corrected chi connectivity index (χ4v) is 1.88. The third-order valence-electron chi connectivity index (χ3n) is 3.15. The summed E-state index contributed by atoms with van der Waals surface area (Å²) in [6.45, 7) is 8.41. The van der Waals surface area contributed by atoms with E-state index in [2.05, 4.69) is 13.8 Å². The summed E-state index contributed by atoms with van der Waals surface area (Å²) in [5, 5.41) is 0. The Balaban J connectivity index is 3.69. The van der Waals surface area contributed by atoms with Crippen LogP contribution in [0.5, 0.6) is 0 Å².